The molecule has 3 rings (SSSR count). The van der Waals surface area contributed by atoms with Crippen molar-refractivity contribution in [1.82, 2.24) is 9.80 Å². The van der Waals surface area contributed by atoms with Gasteiger partial charge >= 0.3 is 0 Å². The molecular formula is C20H32N2O2. The Morgan fingerprint density at radius 3 is 2.71 bits per heavy atom. The van der Waals surface area contributed by atoms with E-state index in [1.54, 1.807) is 13.2 Å². The number of aromatic hydroxyl groups is 1. The van der Waals surface area contributed by atoms with Crippen LogP contribution in [-0.4, -0.2) is 54.2 Å². The molecule has 2 fully saturated rings. The van der Waals surface area contributed by atoms with Crippen LogP contribution in [-0.2, 0) is 6.54 Å². The number of methoxy groups -OCH3 is 1. The van der Waals surface area contributed by atoms with E-state index in [-0.39, 0.29) is 0 Å². The molecule has 2 aliphatic rings. The van der Waals surface area contributed by atoms with Crippen molar-refractivity contribution in [2.45, 2.75) is 45.7 Å². The molecule has 24 heavy (non-hydrogen) atoms. The van der Waals surface area contributed by atoms with Gasteiger partial charge in [0.2, 0.25) is 0 Å². The van der Waals surface area contributed by atoms with Crippen LogP contribution in [0.5, 0.6) is 11.5 Å². The Kier molecular flexibility index (Phi) is 5.67. The van der Waals surface area contributed by atoms with E-state index >= 15 is 0 Å². The lowest BCUT2D eigenvalue weighted by Crippen LogP contribution is -2.45. The third-order valence-electron chi connectivity index (χ3n) is 5.45. The molecule has 134 valence electrons. The SMILES string of the molecule is COc1ccc(O)cc1CN1CCCN(CC2CC2)C(C(C)C)C1. The van der Waals surface area contributed by atoms with Crippen molar-refractivity contribution in [1.29, 1.82) is 0 Å². The van der Waals surface area contributed by atoms with Gasteiger partial charge in [-0.15, -0.1) is 0 Å². The topological polar surface area (TPSA) is 35.9 Å². The quantitative estimate of drug-likeness (QED) is 0.867. The summed E-state index contributed by atoms with van der Waals surface area (Å²) >= 11 is 0. The molecule has 0 radical (unpaired) electrons. The summed E-state index contributed by atoms with van der Waals surface area (Å²) in [6, 6.07) is 6.02. The smallest absolute Gasteiger partial charge is 0.123 e. The monoisotopic (exact) mass is 332 g/mol. The molecule has 1 saturated carbocycles. The van der Waals surface area contributed by atoms with Crippen molar-refractivity contribution in [3.05, 3.63) is 23.8 Å². The van der Waals surface area contributed by atoms with Crippen molar-refractivity contribution in [3.8, 4) is 11.5 Å². The Balaban J connectivity index is 1.70. The third kappa shape index (κ3) is 4.42. The molecule has 0 bridgehead atoms. The van der Waals surface area contributed by atoms with Gasteiger partial charge in [-0.1, -0.05) is 13.8 Å². The van der Waals surface area contributed by atoms with Crippen LogP contribution in [0.1, 0.15) is 38.7 Å². The molecule has 0 spiro atoms. The maximum atomic E-state index is 9.82. The number of rotatable bonds is 6. The predicted octanol–water partition coefficient (Wildman–Crippen LogP) is 3.34. The van der Waals surface area contributed by atoms with Gasteiger partial charge in [0.05, 0.1) is 7.11 Å². The van der Waals surface area contributed by atoms with Gasteiger partial charge in [0, 0.05) is 31.2 Å². The summed E-state index contributed by atoms with van der Waals surface area (Å²) in [5.41, 5.74) is 1.08. The van der Waals surface area contributed by atoms with Gasteiger partial charge < -0.3 is 9.84 Å². The molecule has 0 aromatic heterocycles. The number of benzene rings is 1. The normalized spacial score (nSPS) is 23.4. The van der Waals surface area contributed by atoms with E-state index in [1.807, 2.05) is 12.1 Å². The van der Waals surface area contributed by atoms with Crippen molar-refractivity contribution in [2.75, 3.05) is 33.3 Å². The number of phenols is 1. The Bertz CT molecular complexity index is 542. The molecule has 1 aliphatic carbocycles. The van der Waals surface area contributed by atoms with Gasteiger partial charge in [0.15, 0.2) is 0 Å². The lowest BCUT2D eigenvalue weighted by Gasteiger charge is -2.34. The number of phenolic OH excluding ortho intramolecular Hbond substituents is 1. The number of hydrogen-bond acceptors (Lipinski definition) is 4. The minimum atomic E-state index is 0.316. The predicted molar refractivity (Wildman–Crippen MR) is 97.5 cm³/mol. The molecule has 1 saturated heterocycles. The molecule has 1 aromatic carbocycles. The van der Waals surface area contributed by atoms with E-state index in [0.717, 1.165) is 36.9 Å². The zero-order valence-corrected chi connectivity index (χ0v) is 15.4. The van der Waals surface area contributed by atoms with Crippen LogP contribution >= 0.6 is 0 Å². The average Bonchev–Trinajstić information content (AvgIpc) is 3.36. The van der Waals surface area contributed by atoms with Gasteiger partial charge in [0.25, 0.3) is 0 Å². The van der Waals surface area contributed by atoms with E-state index in [1.165, 1.54) is 32.4 Å². The van der Waals surface area contributed by atoms with E-state index in [0.29, 0.717) is 17.7 Å². The lowest BCUT2D eigenvalue weighted by atomic mass is 10.0. The highest BCUT2D eigenvalue weighted by Gasteiger charge is 2.32. The van der Waals surface area contributed by atoms with E-state index in [9.17, 15) is 5.11 Å². The van der Waals surface area contributed by atoms with E-state index < -0.39 is 0 Å². The first kappa shape index (κ1) is 17.6. The Morgan fingerprint density at radius 2 is 2.04 bits per heavy atom. The van der Waals surface area contributed by atoms with Crippen LogP contribution in [0.15, 0.2) is 18.2 Å². The second-order valence-corrected chi connectivity index (χ2v) is 7.83. The summed E-state index contributed by atoms with van der Waals surface area (Å²) < 4.78 is 5.48. The zero-order valence-electron chi connectivity index (χ0n) is 15.4. The minimum Gasteiger partial charge on any atom is -0.508 e. The molecule has 0 amide bonds. The molecule has 1 aliphatic heterocycles. The first-order valence-electron chi connectivity index (χ1n) is 9.39. The van der Waals surface area contributed by atoms with Crippen LogP contribution in [0.2, 0.25) is 0 Å². The van der Waals surface area contributed by atoms with Gasteiger partial charge in [-0.05, 0) is 62.4 Å². The molecule has 1 heterocycles. The zero-order chi connectivity index (χ0) is 17.1. The number of ether oxygens (including phenoxy) is 1. The summed E-state index contributed by atoms with van der Waals surface area (Å²) in [5.74, 6) is 2.80. The van der Waals surface area contributed by atoms with Crippen molar-refractivity contribution >= 4 is 0 Å². The number of nitrogens with zero attached hydrogens (tertiary/aromatic N) is 2. The van der Waals surface area contributed by atoms with Crippen molar-refractivity contribution < 1.29 is 9.84 Å². The Labute approximate surface area is 146 Å². The molecular weight excluding hydrogens is 300 g/mol. The second-order valence-electron chi connectivity index (χ2n) is 7.83. The summed E-state index contributed by atoms with van der Waals surface area (Å²) in [7, 11) is 1.70. The van der Waals surface area contributed by atoms with Crippen molar-refractivity contribution in [2.24, 2.45) is 11.8 Å². The minimum absolute atomic E-state index is 0.316. The van der Waals surface area contributed by atoms with Gasteiger partial charge in [-0.2, -0.15) is 0 Å². The van der Waals surface area contributed by atoms with Crippen LogP contribution < -0.4 is 4.74 Å². The fourth-order valence-corrected chi connectivity index (χ4v) is 3.90. The van der Waals surface area contributed by atoms with Crippen LogP contribution in [0, 0.1) is 11.8 Å². The lowest BCUT2D eigenvalue weighted by molar-refractivity contribution is 0.131. The largest absolute Gasteiger partial charge is 0.508 e. The summed E-state index contributed by atoms with van der Waals surface area (Å²) in [6.07, 6.45) is 4.06. The molecule has 1 unspecified atom stereocenters. The highest BCUT2D eigenvalue weighted by Crippen LogP contribution is 2.32. The first-order chi connectivity index (χ1) is 11.6. The van der Waals surface area contributed by atoms with Crippen LogP contribution in [0.3, 0.4) is 0 Å². The molecule has 1 atom stereocenters. The number of hydrogen-bond donors (Lipinski definition) is 1. The Hall–Kier alpha value is -1.26. The average molecular weight is 332 g/mol. The molecule has 1 aromatic rings. The van der Waals surface area contributed by atoms with Gasteiger partial charge in [0.1, 0.15) is 11.5 Å². The second kappa shape index (κ2) is 7.75. The van der Waals surface area contributed by atoms with Crippen LogP contribution in [0.25, 0.3) is 0 Å². The Morgan fingerprint density at radius 1 is 1.25 bits per heavy atom. The van der Waals surface area contributed by atoms with Crippen LogP contribution in [0.4, 0.5) is 0 Å². The van der Waals surface area contributed by atoms with E-state index in [2.05, 4.69) is 23.6 Å². The fourth-order valence-electron chi connectivity index (χ4n) is 3.90. The van der Waals surface area contributed by atoms with Gasteiger partial charge in [-0.25, -0.2) is 0 Å². The highest BCUT2D eigenvalue weighted by molar-refractivity contribution is 5.39. The maximum Gasteiger partial charge on any atom is 0.123 e. The molecule has 4 nitrogen and oxygen atoms in total. The highest BCUT2D eigenvalue weighted by atomic mass is 16.5. The molecule has 4 heteroatoms. The summed E-state index contributed by atoms with van der Waals surface area (Å²) in [6.45, 7) is 10.3. The standard InChI is InChI=1S/C20H32N2O2/c1-15(2)19-14-21(9-4-10-22(19)12-16-5-6-16)13-17-11-18(23)7-8-20(17)24-3/h7-8,11,15-16,19,23H,4-6,9-10,12-14H2,1-3H3. The molecule has 1 N–H and O–H groups in total. The van der Waals surface area contributed by atoms with Gasteiger partial charge in [-0.3, -0.25) is 9.80 Å². The summed E-state index contributed by atoms with van der Waals surface area (Å²) in [5, 5.41) is 9.82. The first-order valence-corrected chi connectivity index (χ1v) is 9.39. The fraction of sp³-hybridized carbons (Fsp3) is 0.700. The third-order valence-corrected chi connectivity index (χ3v) is 5.45. The maximum absolute atomic E-state index is 9.82. The van der Waals surface area contributed by atoms with E-state index in [4.69, 9.17) is 4.74 Å². The van der Waals surface area contributed by atoms with Crippen molar-refractivity contribution in [3.63, 3.8) is 0 Å². The summed E-state index contributed by atoms with van der Waals surface area (Å²) in [4.78, 5) is 5.27.